The van der Waals surface area contributed by atoms with Crippen molar-refractivity contribution in [2.24, 2.45) is 0 Å². The minimum Gasteiger partial charge on any atom is -1.00 e. The average molecular weight is 157 g/mol. The molecule has 3 nitrogen and oxygen atoms in total. The number of carbonyl (C=O) groups excluding carboxylic acids is 2. The van der Waals surface area contributed by atoms with Crippen LogP contribution in [-0.2, 0) is 4.79 Å². The third kappa shape index (κ3) is 2.61. The molecule has 0 unspecified atom stereocenters. The van der Waals surface area contributed by atoms with Gasteiger partial charge >= 0.3 is 51.4 Å². The van der Waals surface area contributed by atoms with Crippen LogP contribution in [0.2, 0.25) is 0 Å². The van der Waals surface area contributed by atoms with Crippen LogP contribution in [0.1, 0.15) is 1.43 Å². The maximum atomic E-state index is 10.1. The van der Waals surface area contributed by atoms with Crippen LogP contribution < -0.4 is 56.7 Å². The van der Waals surface area contributed by atoms with E-state index in [1.165, 1.54) is 0 Å². The van der Waals surface area contributed by atoms with Crippen LogP contribution in [0.25, 0.3) is 0 Å². The number of carbonyl (C=O) groups is 2. The molecule has 0 atom stereocenters. The van der Waals surface area contributed by atoms with E-state index < -0.39 is 0 Å². The molecule has 0 aromatic rings. The molecule has 0 aromatic carbocycles. The van der Waals surface area contributed by atoms with Crippen molar-refractivity contribution in [3.63, 3.8) is 0 Å². The van der Waals surface area contributed by atoms with Crippen LogP contribution in [0.3, 0.4) is 0 Å². The zero-order chi connectivity index (χ0) is 5.28. The minimum atomic E-state index is -0.231. The Morgan fingerprint density at radius 2 is 2.25 bits per heavy atom. The maximum Gasteiger partial charge on any atom is 1.00 e. The molecule has 1 heterocycles. The molecule has 40 valence electrons. The van der Waals surface area contributed by atoms with Gasteiger partial charge in [-0.2, -0.15) is 0 Å². The first kappa shape index (κ1) is 9.13. The van der Waals surface area contributed by atoms with E-state index in [1.807, 2.05) is 0 Å². The Balaban J connectivity index is 0. The molecule has 8 heavy (non-hydrogen) atoms. The second kappa shape index (κ2) is 4.02. The Kier molecular flexibility index (Phi) is 4.59. The molecule has 0 aromatic heterocycles. The molecule has 5 heteroatoms. The third-order valence-electron chi connectivity index (χ3n) is 0.584. The van der Waals surface area contributed by atoms with Gasteiger partial charge in [-0.15, -0.1) is 0 Å². The van der Waals surface area contributed by atoms with E-state index >= 15 is 0 Å². The molecule has 0 saturated carbocycles. The second-order valence-electron chi connectivity index (χ2n) is 1.12. The molecule has 1 rings (SSSR count). The van der Waals surface area contributed by atoms with Crippen LogP contribution in [0.4, 0.5) is 4.79 Å². The van der Waals surface area contributed by atoms with Gasteiger partial charge in [-0.3, -0.25) is 9.59 Å². The monoisotopic (exact) mass is 157 g/mol. The summed E-state index contributed by atoms with van der Waals surface area (Å²) >= 11 is 0.731. The minimum absolute atomic E-state index is 0. The second-order valence-corrected chi connectivity index (χ2v) is 2.15. The van der Waals surface area contributed by atoms with Crippen LogP contribution in [0.15, 0.2) is 0 Å². The van der Waals surface area contributed by atoms with Crippen molar-refractivity contribution in [3.8, 4) is 0 Å². The fourth-order valence-electron chi connectivity index (χ4n) is 0.320. The molecule has 1 N–H and O–H groups in total. The summed E-state index contributed by atoms with van der Waals surface area (Å²) in [5, 5.41) is 2.02. The largest absolute Gasteiger partial charge is 1.00 e. The van der Waals surface area contributed by atoms with E-state index in [-0.39, 0.29) is 69.7 Å². The Hall–Kier alpha value is 1.13. The molecule has 0 radical (unpaired) electrons. The number of thioether (sulfide) groups is 1. The topological polar surface area (TPSA) is 46.2 Å². The summed E-state index contributed by atoms with van der Waals surface area (Å²) in [7, 11) is 0. The molecular formula is C3H4KNO2S. The van der Waals surface area contributed by atoms with Crippen molar-refractivity contribution in [1.82, 2.24) is 5.32 Å². The number of amides is 1. The quantitative estimate of drug-likeness (QED) is 0.383. The zero-order valence-electron chi connectivity index (χ0n) is 5.43. The van der Waals surface area contributed by atoms with Gasteiger partial charge in [-0.25, -0.2) is 0 Å². The summed E-state index contributed by atoms with van der Waals surface area (Å²) in [6.07, 6.45) is 0. The van der Waals surface area contributed by atoms with Gasteiger partial charge in [0.15, 0.2) is 0 Å². The Bertz CT molecular complexity index is 117. The number of nitrogens with one attached hydrogen (secondary N) is 1. The molecule has 0 bridgehead atoms. The van der Waals surface area contributed by atoms with Gasteiger partial charge in [0, 0.05) is 11.8 Å². The van der Waals surface area contributed by atoms with E-state index in [1.54, 1.807) is 0 Å². The summed E-state index contributed by atoms with van der Waals surface area (Å²) in [6, 6.07) is 0. The van der Waals surface area contributed by atoms with Crippen LogP contribution in [0.5, 0.6) is 0 Å². The van der Waals surface area contributed by atoms with Crippen molar-refractivity contribution in [2.75, 3.05) is 6.54 Å². The molecule has 1 aliphatic rings. The summed E-state index contributed by atoms with van der Waals surface area (Å²) in [5.41, 5.74) is 0. The fraction of sp³-hybridized carbons (Fsp3) is 0.333. The Morgan fingerprint density at radius 3 is 2.38 bits per heavy atom. The molecule has 0 aliphatic carbocycles. The molecule has 1 amide bonds. The van der Waals surface area contributed by atoms with E-state index in [0.29, 0.717) is 0 Å². The SMILES string of the molecule is O=C1CNC(=O)S1.[H-].[K+]. The standard InChI is InChI=1S/C3H3NO2S.K.H/c5-2-1-4-3(6)7-2;;/h1H2,(H,4,6);;/q;+1;-1. The van der Waals surface area contributed by atoms with Crippen LogP contribution >= 0.6 is 11.8 Å². The first-order valence-electron chi connectivity index (χ1n) is 1.77. The zero-order valence-corrected chi connectivity index (χ0v) is 8.37. The van der Waals surface area contributed by atoms with Crippen molar-refractivity contribution >= 4 is 22.1 Å². The number of rotatable bonds is 0. The summed E-state index contributed by atoms with van der Waals surface area (Å²) < 4.78 is 0. The number of hydrogen-bond acceptors (Lipinski definition) is 3. The average Bonchev–Trinajstić information content (AvgIpc) is 1.87. The van der Waals surface area contributed by atoms with Crippen molar-refractivity contribution < 1.29 is 62.4 Å². The molecule has 1 saturated heterocycles. The maximum absolute atomic E-state index is 10.1. The Labute approximate surface area is 94.9 Å². The predicted octanol–water partition coefficient (Wildman–Crippen LogP) is -2.91. The summed E-state index contributed by atoms with van der Waals surface area (Å²) in [6.45, 7) is 0.198. The summed E-state index contributed by atoms with van der Waals surface area (Å²) in [5.74, 6) is 0. The summed E-state index contributed by atoms with van der Waals surface area (Å²) in [4.78, 5) is 20.2. The van der Waals surface area contributed by atoms with Gasteiger partial charge in [-0.05, 0) is 0 Å². The molecule has 1 fully saturated rings. The molecule has 0 spiro atoms. The number of hydrogen-bond donors (Lipinski definition) is 1. The van der Waals surface area contributed by atoms with Crippen molar-refractivity contribution in [2.45, 2.75) is 0 Å². The van der Waals surface area contributed by atoms with Gasteiger partial charge in [0.2, 0.25) is 5.12 Å². The fourth-order valence-corrected chi connectivity index (χ4v) is 0.815. The third-order valence-corrected chi connectivity index (χ3v) is 1.29. The first-order valence-corrected chi connectivity index (χ1v) is 2.59. The van der Waals surface area contributed by atoms with E-state index in [9.17, 15) is 9.59 Å². The van der Waals surface area contributed by atoms with Crippen molar-refractivity contribution in [1.29, 1.82) is 0 Å². The van der Waals surface area contributed by atoms with E-state index in [4.69, 9.17) is 0 Å². The van der Waals surface area contributed by atoms with Crippen molar-refractivity contribution in [3.05, 3.63) is 0 Å². The van der Waals surface area contributed by atoms with Gasteiger partial charge < -0.3 is 6.74 Å². The predicted molar refractivity (Wildman–Crippen MR) is 27.1 cm³/mol. The Morgan fingerprint density at radius 1 is 1.62 bits per heavy atom. The smallest absolute Gasteiger partial charge is 1.00 e. The van der Waals surface area contributed by atoms with E-state index in [2.05, 4.69) is 5.32 Å². The van der Waals surface area contributed by atoms with Gasteiger partial charge in [0.05, 0.1) is 6.54 Å². The first-order chi connectivity index (χ1) is 3.29. The molecule has 1 aliphatic heterocycles. The van der Waals surface area contributed by atoms with Crippen LogP contribution in [-0.4, -0.2) is 16.9 Å². The van der Waals surface area contributed by atoms with Crippen LogP contribution in [0, 0.1) is 0 Å². The van der Waals surface area contributed by atoms with Gasteiger partial charge in [0.1, 0.15) is 0 Å². The van der Waals surface area contributed by atoms with Gasteiger partial charge in [-0.1, -0.05) is 0 Å². The van der Waals surface area contributed by atoms with E-state index in [0.717, 1.165) is 11.8 Å². The normalized spacial score (nSPS) is 17.5. The molecular weight excluding hydrogens is 153 g/mol. The van der Waals surface area contributed by atoms with Gasteiger partial charge in [0.25, 0.3) is 5.24 Å².